The van der Waals surface area contributed by atoms with Gasteiger partial charge in [0, 0.05) is 30.8 Å². The molecule has 0 atom stereocenters. The zero-order valence-electron chi connectivity index (χ0n) is 18.9. The molecule has 0 amide bonds. The van der Waals surface area contributed by atoms with Gasteiger partial charge < -0.3 is 4.74 Å². The van der Waals surface area contributed by atoms with Gasteiger partial charge in [0.2, 0.25) is 0 Å². The molecule has 1 fully saturated rings. The maximum absolute atomic E-state index is 14.2. The number of nitrogens with zero attached hydrogens (tertiary/aromatic N) is 2. The molecular formula is C26H35FN2O2. The topological polar surface area (TPSA) is 52.1 Å². The fraction of sp³-hybridized carbons (Fsp3) is 0.577. The van der Waals surface area contributed by atoms with Crippen molar-refractivity contribution in [2.45, 2.75) is 84.5 Å². The number of carbonyl (C=O) groups is 1. The summed E-state index contributed by atoms with van der Waals surface area (Å²) in [5, 5.41) is 0. The van der Waals surface area contributed by atoms with E-state index in [4.69, 9.17) is 4.74 Å². The highest BCUT2D eigenvalue weighted by Crippen LogP contribution is 2.34. The Morgan fingerprint density at radius 3 is 2.29 bits per heavy atom. The number of halogens is 1. The highest BCUT2D eigenvalue weighted by molar-refractivity contribution is 5.72. The molecule has 1 heterocycles. The molecule has 1 aliphatic rings. The van der Waals surface area contributed by atoms with Gasteiger partial charge >= 0.3 is 5.97 Å². The van der Waals surface area contributed by atoms with Gasteiger partial charge in [0.25, 0.3) is 0 Å². The van der Waals surface area contributed by atoms with Gasteiger partial charge in [-0.15, -0.1) is 0 Å². The predicted octanol–water partition coefficient (Wildman–Crippen LogP) is 6.92. The summed E-state index contributed by atoms with van der Waals surface area (Å²) in [4.78, 5) is 20.4. The molecule has 4 nitrogen and oxygen atoms in total. The Kier molecular flexibility index (Phi) is 8.98. The molecule has 2 aromatic rings. The Hall–Kier alpha value is -2.30. The number of hydrogen-bond donors (Lipinski definition) is 0. The lowest BCUT2D eigenvalue weighted by molar-refractivity contribution is -0.134. The molecule has 1 aromatic carbocycles. The number of benzene rings is 1. The summed E-state index contributed by atoms with van der Waals surface area (Å²) < 4.78 is 19.2. The second kappa shape index (κ2) is 11.9. The Bertz CT molecular complexity index is 830. The van der Waals surface area contributed by atoms with Crippen LogP contribution in [0.3, 0.4) is 0 Å². The van der Waals surface area contributed by atoms with Crippen LogP contribution in [0.2, 0.25) is 0 Å². The third-order valence-corrected chi connectivity index (χ3v) is 6.44. The summed E-state index contributed by atoms with van der Waals surface area (Å²) >= 11 is 0. The van der Waals surface area contributed by atoms with Crippen LogP contribution < -0.4 is 4.74 Å². The summed E-state index contributed by atoms with van der Waals surface area (Å²) in [7, 11) is 0. The van der Waals surface area contributed by atoms with Gasteiger partial charge in [-0.25, -0.2) is 14.4 Å². The molecule has 0 saturated heterocycles. The molecular weight excluding hydrogens is 391 g/mol. The summed E-state index contributed by atoms with van der Waals surface area (Å²) in [5.41, 5.74) is 1.42. The van der Waals surface area contributed by atoms with Crippen LogP contribution in [0.5, 0.6) is 5.75 Å². The smallest absolute Gasteiger partial charge is 0.310 e. The van der Waals surface area contributed by atoms with Gasteiger partial charge in [0.15, 0.2) is 11.6 Å². The molecule has 3 rings (SSSR count). The van der Waals surface area contributed by atoms with Crippen LogP contribution in [-0.4, -0.2) is 15.9 Å². The van der Waals surface area contributed by atoms with E-state index in [0.29, 0.717) is 5.56 Å². The molecule has 0 aliphatic heterocycles. The highest BCUT2D eigenvalue weighted by atomic mass is 19.1. The molecule has 0 spiro atoms. The van der Waals surface area contributed by atoms with Gasteiger partial charge in [-0.3, -0.25) is 4.79 Å². The molecule has 31 heavy (non-hydrogen) atoms. The van der Waals surface area contributed by atoms with Crippen molar-refractivity contribution >= 4 is 5.97 Å². The van der Waals surface area contributed by atoms with E-state index in [-0.39, 0.29) is 12.2 Å². The van der Waals surface area contributed by atoms with E-state index in [9.17, 15) is 9.18 Å². The van der Waals surface area contributed by atoms with Crippen LogP contribution in [0.15, 0.2) is 30.6 Å². The lowest BCUT2D eigenvalue weighted by atomic mass is 9.78. The second-order valence-electron chi connectivity index (χ2n) is 8.78. The van der Waals surface area contributed by atoms with Crippen LogP contribution in [0, 0.1) is 17.7 Å². The molecule has 0 radical (unpaired) electrons. The maximum Gasteiger partial charge on any atom is 0.310 e. The van der Waals surface area contributed by atoms with Crippen molar-refractivity contribution in [3.63, 3.8) is 0 Å². The molecule has 168 valence electrons. The molecule has 0 N–H and O–H groups in total. The highest BCUT2D eigenvalue weighted by Gasteiger charge is 2.21. The van der Waals surface area contributed by atoms with Crippen molar-refractivity contribution in [2.24, 2.45) is 11.8 Å². The van der Waals surface area contributed by atoms with E-state index in [1.165, 1.54) is 63.5 Å². The van der Waals surface area contributed by atoms with Crippen molar-refractivity contribution in [3.05, 3.63) is 42.2 Å². The Labute approximate surface area is 185 Å². The SMILES string of the molecule is CCCCCC1CCC(CCc2ncc(-c3ccc(OC(=O)CC)c(F)c3)cn2)CC1. The van der Waals surface area contributed by atoms with Crippen LogP contribution in [0.4, 0.5) is 4.39 Å². The molecule has 5 heteroatoms. The molecule has 0 bridgehead atoms. The first kappa shape index (κ1) is 23.4. The quantitative estimate of drug-likeness (QED) is 0.235. The minimum absolute atomic E-state index is 0.0479. The Balaban J connectivity index is 1.47. The predicted molar refractivity (Wildman–Crippen MR) is 121 cm³/mol. The lowest BCUT2D eigenvalue weighted by Crippen LogP contribution is -2.15. The van der Waals surface area contributed by atoms with Crippen molar-refractivity contribution in [1.82, 2.24) is 9.97 Å². The first-order chi connectivity index (χ1) is 15.1. The van der Waals surface area contributed by atoms with Crippen molar-refractivity contribution in [2.75, 3.05) is 0 Å². The monoisotopic (exact) mass is 426 g/mol. The summed E-state index contributed by atoms with van der Waals surface area (Å²) in [5.74, 6) is 1.52. The number of aryl methyl sites for hydroxylation is 1. The van der Waals surface area contributed by atoms with E-state index in [1.807, 2.05) is 0 Å². The van der Waals surface area contributed by atoms with Crippen molar-refractivity contribution < 1.29 is 13.9 Å². The fourth-order valence-electron chi connectivity index (χ4n) is 4.42. The van der Waals surface area contributed by atoms with Gasteiger partial charge in [-0.05, 0) is 36.0 Å². The number of ether oxygens (including phenoxy) is 1. The fourth-order valence-corrected chi connectivity index (χ4v) is 4.42. The number of carbonyl (C=O) groups excluding carboxylic acids is 1. The number of rotatable bonds is 10. The van der Waals surface area contributed by atoms with Crippen LogP contribution >= 0.6 is 0 Å². The van der Waals surface area contributed by atoms with E-state index in [0.717, 1.165) is 36.1 Å². The third kappa shape index (κ3) is 7.12. The van der Waals surface area contributed by atoms with Gasteiger partial charge in [0.1, 0.15) is 5.82 Å². The van der Waals surface area contributed by atoms with Gasteiger partial charge in [-0.2, -0.15) is 0 Å². The number of esters is 1. The summed E-state index contributed by atoms with van der Waals surface area (Å²) in [6.45, 7) is 3.94. The number of aromatic nitrogens is 2. The zero-order chi connectivity index (χ0) is 22.1. The standard InChI is InChI=1S/C26H35FN2O2/c1-3-5-6-7-19-8-10-20(11-9-19)12-15-25-28-17-22(18-29-25)21-13-14-24(23(27)16-21)31-26(30)4-2/h13-14,16-20H,3-12,15H2,1-2H3. The Morgan fingerprint density at radius 1 is 1.00 bits per heavy atom. The van der Waals surface area contributed by atoms with Gasteiger partial charge in [0.05, 0.1) is 0 Å². The zero-order valence-corrected chi connectivity index (χ0v) is 18.9. The largest absolute Gasteiger partial charge is 0.423 e. The van der Waals surface area contributed by atoms with Crippen molar-refractivity contribution in [1.29, 1.82) is 0 Å². The average molecular weight is 427 g/mol. The van der Waals surface area contributed by atoms with E-state index >= 15 is 0 Å². The normalized spacial score (nSPS) is 18.7. The molecule has 1 saturated carbocycles. The van der Waals surface area contributed by atoms with E-state index in [1.54, 1.807) is 25.4 Å². The van der Waals surface area contributed by atoms with Crippen LogP contribution in [0.25, 0.3) is 11.1 Å². The third-order valence-electron chi connectivity index (χ3n) is 6.44. The lowest BCUT2D eigenvalue weighted by Gasteiger charge is -2.28. The first-order valence-electron chi connectivity index (χ1n) is 11.9. The second-order valence-corrected chi connectivity index (χ2v) is 8.78. The van der Waals surface area contributed by atoms with E-state index < -0.39 is 11.8 Å². The average Bonchev–Trinajstić information content (AvgIpc) is 2.80. The molecule has 1 aromatic heterocycles. The molecule has 1 aliphatic carbocycles. The minimum Gasteiger partial charge on any atom is -0.423 e. The van der Waals surface area contributed by atoms with Crippen molar-refractivity contribution in [3.8, 4) is 16.9 Å². The van der Waals surface area contributed by atoms with Crippen LogP contribution in [0.1, 0.15) is 83.9 Å². The molecule has 0 unspecified atom stereocenters. The first-order valence-corrected chi connectivity index (χ1v) is 11.9. The summed E-state index contributed by atoms with van der Waals surface area (Å²) in [6.07, 6.45) is 16.7. The summed E-state index contributed by atoms with van der Waals surface area (Å²) in [6, 6.07) is 4.55. The maximum atomic E-state index is 14.2. The Morgan fingerprint density at radius 2 is 1.68 bits per heavy atom. The minimum atomic E-state index is -0.561. The van der Waals surface area contributed by atoms with Gasteiger partial charge in [-0.1, -0.05) is 71.3 Å². The number of unbranched alkanes of at least 4 members (excludes halogenated alkanes) is 2. The van der Waals surface area contributed by atoms with Crippen LogP contribution in [-0.2, 0) is 11.2 Å². The van der Waals surface area contributed by atoms with E-state index in [2.05, 4.69) is 16.9 Å². The number of hydrogen-bond acceptors (Lipinski definition) is 4.